The molecule has 2 amide bonds. The Labute approximate surface area is 164 Å². The molecule has 2 aliphatic heterocycles. The average molecular weight is 411 g/mol. The highest BCUT2D eigenvalue weighted by Gasteiger charge is 2.31. The third-order valence-electron chi connectivity index (χ3n) is 5.03. The molecule has 0 aliphatic carbocycles. The molecule has 0 unspecified atom stereocenters. The molecule has 28 heavy (non-hydrogen) atoms. The first-order valence-electron chi connectivity index (χ1n) is 9.18. The topological polar surface area (TPSA) is 125 Å². The SMILES string of the molecule is CS(=O)(=O)N1CCCc2ccc(NC(=O)C(=O)NCC3(O)CCOCC3)cc21. The molecule has 0 aromatic heterocycles. The van der Waals surface area contributed by atoms with Gasteiger partial charge < -0.3 is 20.5 Å². The van der Waals surface area contributed by atoms with Gasteiger partial charge in [0.25, 0.3) is 0 Å². The highest BCUT2D eigenvalue weighted by Crippen LogP contribution is 2.31. The van der Waals surface area contributed by atoms with Crippen LogP contribution in [0.25, 0.3) is 0 Å². The molecular formula is C18H25N3O6S. The van der Waals surface area contributed by atoms with Crippen LogP contribution in [0.4, 0.5) is 11.4 Å². The summed E-state index contributed by atoms with van der Waals surface area (Å²) in [5.41, 5.74) is 0.652. The summed E-state index contributed by atoms with van der Waals surface area (Å²) in [4.78, 5) is 24.2. The van der Waals surface area contributed by atoms with E-state index in [1.165, 1.54) is 4.31 Å². The minimum Gasteiger partial charge on any atom is -0.388 e. The zero-order chi connectivity index (χ0) is 20.4. The summed E-state index contributed by atoms with van der Waals surface area (Å²) in [6.45, 7) is 1.16. The lowest BCUT2D eigenvalue weighted by Gasteiger charge is -2.31. The molecule has 9 nitrogen and oxygen atoms in total. The fraction of sp³-hybridized carbons (Fsp3) is 0.556. The van der Waals surface area contributed by atoms with Crippen LogP contribution in [0, 0.1) is 0 Å². The molecule has 1 saturated heterocycles. The van der Waals surface area contributed by atoms with Crippen LogP contribution in [0.15, 0.2) is 18.2 Å². The van der Waals surface area contributed by atoms with E-state index in [4.69, 9.17) is 4.74 Å². The molecule has 0 radical (unpaired) electrons. The van der Waals surface area contributed by atoms with Crippen molar-refractivity contribution >= 4 is 33.2 Å². The Morgan fingerprint density at radius 2 is 1.96 bits per heavy atom. The van der Waals surface area contributed by atoms with E-state index in [-0.39, 0.29) is 6.54 Å². The summed E-state index contributed by atoms with van der Waals surface area (Å²) in [7, 11) is -3.43. The molecule has 2 heterocycles. The summed E-state index contributed by atoms with van der Waals surface area (Å²) >= 11 is 0. The van der Waals surface area contributed by atoms with Crippen molar-refractivity contribution in [2.75, 3.05) is 42.2 Å². The van der Waals surface area contributed by atoms with Crippen LogP contribution < -0.4 is 14.9 Å². The van der Waals surface area contributed by atoms with Gasteiger partial charge in [-0.2, -0.15) is 0 Å². The minimum atomic E-state index is -3.43. The number of aliphatic hydroxyl groups is 1. The number of ether oxygens (including phenoxy) is 1. The van der Waals surface area contributed by atoms with Gasteiger partial charge in [0.15, 0.2) is 0 Å². The van der Waals surface area contributed by atoms with Gasteiger partial charge in [-0.15, -0.1) is 0 Å². The van der Waals surface area contributed by atoms with E-state index in [1.54, 1.807) is 18.2 Å². The number of aryl methyl sites for hydroxylation is 1. The van der Waals surface area contributed by atoms with Gasteiger partial charge in [-0.25, -0.2) is 8.42 Å². The van der Waals surface area contributed by atoms with Gasteiger partial charge in [-0.1, -0.05) is 6.07 Å². The summed E-state index contributed by atoms with van der Waals surface area (Å²) in [5.74, 6) is -1.74. The minimum absolute atomic E-state index is 0.0331. The van der Waals surface area contributed by atoms with E-state index < -0.39 is 27.4 Å². The van der Waals surface area contributed by atoms with E-state index >= 15 is 0 Å². The van der Waals surface area contributed by atoms with E-state index in [1.807, 2.05) is 0 Å². The molecule has 3 N–H and O–H groups in total. The van der Waals surface area contributed by atoms with Gasteiger partial charge in [0, 0.05) is 44.8 Å². The van der Waals surface area contributed by atoms with Crippen LogP contribution >= 0.6 is 0 Å². The number of fused-ring (bicyclic) bond motifs is 1. The van der Waals surface area contributed by atoms with Crippen molar-refractivity contribution in [3.63, 3.8) is 0 Å². The Kier molecular flexibility index (Phi) is 5.92. The smallest absolute Gasteiger partial charge is 0.313 e. The first kappa shape index (κ1) is 20.6. The number of sulfonamides is 1. The van der Waals surface area contributed by atoms with Gasteiger partial charge >= 0.3 is 11.8 Å². The molecule has 2 aliphatic rings. The first-order valence-corrected chi connectivity index (χ1v) is 11.0. The normalized spacial score (nSPS) is 18.9. The zero-order valence-corrected chi connectivity index (χ0v) is 16.5. The maximum Gasteiger partial charge on any atom is 0.313 e. The number of nitrogens with zero attached hydrogens (tertiary/aromatic N) is 1. The second kappa shape index (κ2) is 8.06. The second-order valence-corrected chi connectivity index (χ2v) is 9.16. The Morgan fingerprint density at radius 3 is 2.64 bits per heavy atom. The maximum absolute atomic E-state index is 12.2. The summed E-state index contributed by atoms with van der Waals surface area (Å²) in [5, 5.41) is 15.3. The molecule has 1 aromatic rings. The van der Waals surface area contributed by atoms with Gasteiger partial charge in [0.2, 0.25) is 10.0 Å². The largest absolute Gasteiger partial charge is 0.388 e. The molecule has 3 rings (SSSR count). The molecule has 1 aromatic carbocycles. The molecule has 1 fully saturated rings. The lowest BCUT2D eigenvalue weighted by Crippen LogP contribution is -2.48. The number of anilines is 2. The first-order chi connectivity index (χ1) is 13.2. The lowest BCUT2D eigenvalue weighted by molar-refractivity contribution is -0.137. The standard InChI is InChI=1S/C18H25N3O6S/c1-28(25,26)21-8-2-3-13-4-5-14(11-15(13)21)20-17(23)16(22)19-12-18(24)6-9-27-10-7-18/h4-5,11,24H,2-3,6-10,12H2,1H3,(H,19,22)(H,20,23). The molecule has 0 bridgehead atoms. The van der Waals surface area contributed by atoms with Gasteiger partial charge in [0.05, 0.1) is 17.5 Å². The maximum atomic E-state index is 12.2. The molecule has 10 heteroatoms. The van der Waals surface area contributed by atoms with E-state index in [0.717, 1.165) is 24.7 Å². The molecule has 0 atom stereocenters. The van der Waals surface area contributed by atoms with Crippen LogP contribution in [0.2, 0.25) is 0 Å². The Balaban J connectivity index is 1.65. The number of hydrogen-bond donors (Lipinski definition) is 3. The number of carbonyl (C=O) groups is 2. The van der Waals surface area contributed by atoms with Crippen LogP contribution in [0.1, 0.15) is 24.8 Å². The van der Waals surface area contributed by atoms with Crippen molar-refractivity contribution < 1.29 is 27.9 Å². The Hall–Kier alpha value is -2.17. The van der Waals surface area contributed by atoms with Crippen LogP contribution in [0.3, 0.4) is 0 Å². The quantitative estimate of drug-likeness (QED) is 0.599. The summed E-state index contributed by atoms with van der Waals surface area (Å²) in [6.07, 6.45) is 3.39. The highest BCUT2D eigenvalue weighted by atomic mass is 32.2. The van der Waals surface area contributed by atoms with Crippen molar-refractivity contribution in [2.24, 2.45) is 0 Å². The van der Waals surface area contributed by atoms with Crippen LogP contribution in [0.5, 0.6) is 0 Å². The van der Waals surface area contributed by atoms with Crippen molar-refractivity contribution in [1.29, 1.82) is 0 Å². The average Bonchev–Trinajstić information content (AvgIpc) is 2.65. The Bertz CT molecular complexity index is 864. The number of hydrogen-bond acceptors (Lipinski definition) is 6. The fourth-order valence-electron chi connectivity index (χ4n) is 3.40. The third-order valence-corrected chi connectivity index (χ3v) is 6.21. The molecule has 0 saturated carbocycles. The number of benzene rings is 1. The van der Waals surface area contributed by atoms with E-state index in [2.05, 4.69) is 10.6 Å². The van der Waals surface area contributed by atoms with Crippen molar-refractivity contribution in [1.82, 2.24) is 5.32 Å². The Morgan fingerprint density at radius 1 is 1.25 bits per heavy atom. The summed E-state index contributed by atoms with van der Waals surface area (Å²) < 4.78 is 30.5. The zero-order valence-electron chi connectivity index (χ0n) is 15.7. The monoisotopic (exact) mass is 411 g/mol. The van der Waals surface area contributed by atoms with Crippen molar-refractivity contribution in [3.05, 3.63) is 23.8 Å². The second-order valence-electron chi connectivity index (χ2n) is 7.26. The lowest BCUT2D eigenvalue weighted by atomic mass is 9.94. The van der Waals surface area contributed by atoms with Crippen LogP contribution in [-0.2, 0) is 30.8 Å². The number of amides is 2. The predicted octanol–water partition coefficient (Wildman–Crippen LogP) is -0.00500. The fourth-order valence-corrected chi connectivity index (χ4v) is 4.39. The molecule has 154 valence electrons. The number of nitrogens with one attached hydrogen (secondary N) is 2. The van der Waals surface area contributed by atoms with E-state index in [9.17, 15) is 23.1 Å². The van der Waals surface area contributed by atoms with E-state index in [0.29, 0.717) is 44.0 Å². The van der Waals surface area contributed by atoms with Crippen molar-refractivity contribution in [3.8, 4) is 0 Å². The number of rotatable bonds is 4. The summed E-state index contributed by atoms with van der Waals surface area (Å²) in [6, 6.07) is 4.96. The number of carbonyl (C=O) groups excluding carboxylic acids is 2. The van der Waals surface area contributed by atoms with Gasteiger partial charge in [-0.05, 0) is 30.5 Å². The third kappa shape index (κ3) is 4.81. The molecular weight excluding hydrogens is 386 g/mol. The predicted molar refractivity (Wildman–Crippen MR) is 104 cm³/mol. The van der Waals surface area contributed by atoms with Gasteiger partial charge in [0.1, 0.15) is 0 Å². The molecule has 0 spiro atoms. The van der Waals surface area contributed by atoms with Crippen molar-refractivity contribution in [2.45, 2.75) is 31.3 Å². The van der Waals surface area contributed by atoms with Gasteiger partial charge in [-0.3, -0.25) is 13.9 Å². The van der Waals surface area contributed by atoms with Crippen LogP contribution in [-0.4, -0.2) is 63.5 Å². The highest BCUT2D eigenvalue weighted by molar-refractivity contribution is 7.92.